The van der Waals surface area contributed by atoms with Gasteiger partial charge < -0.3 is 14.9 Å². The number of nitrogens with zero attached hydrogens (tertiary/aromatic N) is 2. The first-order valence-electron chi connectivity index (χ1n) is 9.13. The lowest BCUT2D eigenvalue weighted by molar-refractivity contribution is -0.145. The number of carboxylic acids is 1. The minimum atomic E-state index is -3.41. The Bertz CT molecular complexity index is 604. The molecule has 0 aromatic rings. The second-order valence-corrected chi connectivity index (χ2v) is 8.99. The van der Waals surface area contributed by atoms with Crippen LogP contribution in [0.3, 0.4) is 0 Å². The maximum Gasteiger partial charge on any atom is 0.323 e. The van der Waals surface area contributed by atoms with Crippen LogP contribution < -0.4 is 0 Å². The molecule has 0 aromatic carbocycles. The zero-order valence-electron chi connectivity index (χ0n) is 15.6. The van der Waals surface area contributed by atoms with Crippen molar-refractivity contribution in [1.29, 1.82) is 0 Å². The van der Waals surface area contributed by atoms with Gasteiger partial charge in [-0.15, -0.1) is 0 Å². The fourth-order valence-corrected chi connectivity index (χ4v) is 4.55. The van der Waals surface area contributed by atoms with Crippen molar-refractivity contribution >= 4 is 27.6 Å². The molecule has 150 valence electrons. The van der Waals surface area contributed by atoms with Crippen molar-refractivity contribution in [2.75, 3.05) is 31.1 Å². The highest BCUT2D eigenvalue weighted by Crippen LogP contribution is 2.18. The number of likely N-dealkylation sites (tertiary alicyclic amines) is 1. The van der Waals surface area contributed by atoms with Crippen molar-refractivity contribution in [2.24, 2.45) is 0 Å². The Morgan fingerprint density at radius 1 is 1.15 bits per heavy atom. The van der Waals surface area contributed by atoms with Gasteiger partial charge in [-0.25, -0.2) is 8.42 Å². The molecule has 1 aliphatic heterocycles. The van der Waals surface area contributed by atoms with Gasteiger partial charge in [0.2, 0.25) is 11.8 Å². The molecule has 8 nitrogen and oxygen atoms in total. The first-order valence-corrected chi connectivity index (χ1v) is 11.0. The van der Waals surface area contributed by atoms with E-state index in [0.29, 0.717) is 38.8 Å². The predicted molar refractivity (Wildman–Crippen MR) is 97.4 cm³/mol. The highest BCUT2D eigenvalue weighted by atomic mass is 32.2. The van der Waals surface area contributed by atoms with Gasteiger partial charge in [0.15, 0.2) is 9.84 Å². The van der Waals surface area contributed by atoms with E-state index in [0.717, 1.165) is 12.8 Å². The summed E-state index contributed by atoms with van der Waals surface area (Å²) >= 11 is 0. The number of sulfone groups is 1. The van der Waals surface area contributed by atoms with Crippen LogP contribution in [0.4, 0.5) is 0 Å². The number of carbonyl (C=O) groups is 3. The van der Waals surface area contributed by atoms with Crippen LogP contribution in [0.1, 0.15) is 52.4 Å². The summed E-state index contributed by atoms with van der Waals surface area (Å²) in [5.74, 6) is -2.24. The largest absolute Gasteiger partial charge is 0.480 e. The number of hydrogen-bond donors (Lipinski definition) is 1. The molecule has 1 atom stereocenters. The molecule has 26 heavy (non-hydrogen) atoms. The molecule has 1 rings (SSSR count). The average Bonchev–Trinajstić information content (AvgIpc) is 2.77. The van der Waals surface area contributed by atoms with E-state index in [1.165, 1.54) is 16.7 Å². The average molecular weight is 391 g/mol. The number of carbonyl (C=O) groups excluding carboxylic acids is 2. The van der Waals surface area contributed by atoms with E-state index in [2.05, 4.69) is 0 Å². The minimum Gasteiger partial charge on any atom is -0.480 e. The SMILES string of the molecule is CCCCCS(=O)(=O)CC(=O)N1CCCC(N(CC(=O)O)C(C)=O)CC1. The standard InChI is InChI=1S/C17H30N2O6S/c1-3-4-5-11-26(24,25)13-16(21)18-9-6-7-15(8-10-18)19(14(2)20)12-17(22)23/h15H,3-13H2,1-2H3,(H,22,23). The first kappa shape index (κ1) is 22.4. The van der Waals surface area contributed by atoms with Crippen molar-refractivity contribution in [1.82, 2.24) is 9.80 Å². The highest BCUT2D eigenvalue weighted by Gasteiger charge is 2.29. The normalized spacial score (nSPS) is 18.2. The lowest BCUT2D eigenvalue weighted by atomic mass is 10.1. The molecule has 9 heteroatoms. The molecule has 1 saturated heterocycles. The number of unbranched alkanes of at least 4 members (excludes halogenated alkanes) is 2. The van der Waals surface area contributed by atoms with Crippen molar-refractivity contribution in [3.05, 3.63) is 0 Å². The van der Waals surface area contributed by atoms with E-state index in [1.54, 1.807) is 0 Å². The third-order valence-electron chi connectivity index (χ3n) is 4.60. The highest BCUT2D eigenvalue weighted by molar-refractivity contribution is 7.92. The Hall–Kier alpha value is -1.64. The second-order valence-electron chi connectivity index (χ2n) is 6.81. The number of aliphatic carboxylic acids is 1. The van der Waals surface area contributed by atoms with E-state index in [9.17, 15) is 22.8 Å². The molecule has 0 aromatic heterocycles. The van der Waals surface area contributed by atoms with E-state index in [1.807, 2.05) is 6.92 Å². The summed E-state index contributed by atoms with van der Waals surface area (Å²) < 4.78 is 24.1. The van der Waals surface area contributed by atoms with Gasteiger partial charge in [0.05, 0.1) is 5.75 Å². The molecule has 0 spiro atoms. The Balaban J connectivity index is 2.63. The van der Waals surface area contributed by atoms with Gasteiger partial charge >= 0.3 is 5.97 Å². The van der Waals surface area contributed by atoms with Gasteiger partial charge in [-0.05, 0) is 25.7 Å². The zero-order chi connectivity index (χ0) is 19.7. The van der Waals surface area contributed by atoms with Crippen LogP contribution in [-0.4, -0.2) is 78.3 Å². The molecule has 2 amide bonds. The van der Waals surface area contributed by atoms with Gasteiger partial charge in [0.1, 0.15) is 12.3 Å². The van der Waals surface area contributed by atoms with Crippen LogP contribution in [0, 0.1) is 0 Å². The van der Waals surface area contributed by atoms with Crippen molar-refractivity contribution in [2.45, 2.75) is 58.4 Å². The summed E-state index contributed by atoms with van der Waals surface area (Å²) in [5.41, 5.74) is 0. The summed E-state index contributed by atoms with van der Waals surface area (Å²) in [6.45, 7) is 3.72. The lowest BCUT2D eigenvalue weighted by Gasteiger charge is -2.28. The van der Waals surface area contributed by atoms with Crippen LogP contribution in [0.5, 0.6) is 0 Å². The number of hydrogen-bond acceptors (Lipinski definition) is 5. The molecule has 1 aliphatic rings. The van der Waals surface area contributed by atoms with E-state index >= 15 is 0 Å². The maximum absolute atomic E-state index is 12.4. The Morgan fingerprint density at radius 2 is 1.85 bits per heavy atom. The van der Waals surface area contributed by atoms with Gasteiger partial charge in [-0.1, -0.05) is 19.8 Å². The molecule has 0 radical (unpaired) electrons. The van der Waals surface area contributed by atoms with Crippen LogP contribution in [0.15, 0.2) is 0 Å². The van der Waals surface area contributed by atoms with Crippen LogP contribution >= 0.6 is 0 Å². The molecule has 0 aliphatic carbocycles. The molecular weight excluding hydrogens is 360 g/mol. The van der Waals surface area contributed by atoms with Gasteiger partial charge in [0.25, 0.3) is 0 Å². The first-order chi connectivity index (χ1) is 12.2. The molecule has 0 bridgehead atoms. The third kappa shape index (κ3) is 7.72. The second kappa shape index (κ2) is 10.5. The summed E-state index contributed by atoms with van der Waals surface area (Å²) in [6, 6.07) is -0.248. The summed E-state index contributed by atoms with van der Waals surface area (Å²) in [6.07, 6.45) is 3.96. The zero-order valence-corrected chi connectivity index (χ0v) is 16.5. The lowest BCUT2D eigenvalue weighted by Crippen LogP contribution is -2.43. The van der Waals surface area contributed by atoms with Crippen LogP contribution in [0.2, 0.25) is 0 Å². The summed E-state index contributed by atoms with van der Waals surface area (Å²) in [5, 5.41) is 8.97. The van der Waals surface area contributed by atoms with Gasteiger partial charge in [0, 0.05) is 26.1 Å². The number of carboxylic acid groups (broad SMARTS) is 1. The summed E-state index contributed by atoms with van der Waals surface area (Å²) in [7, 11) is -3.41. The van der Waals surface area contributed by atoms with Crippen molar-refractivity contribution in [3.63, 3.8) is 0 Å². The molecule has 1 heterocycles. The Kier molecular flexibility index (Phi) is 9.04. The van der Waals surface area contributed by atoms with E-state index < -0.39 is 27.5 Å². The third-order valence-corrected chi connectivity index (χ3v) is 6.20. The van der Waals surface area contributed by atoms with Crippen LogP contribution in [-0.2, 0) is 24.2 Å². The van der Waals surface area contributed by atoms with Gasteiger partial charge in [-0.3, -0.25) is 14.4 Å². The molecule has 1 unspecified atom stereocenters. The quantitative estimate of drug-likeness (QED) is 0.586. The van der Waals surface area contributed by atoms with E-state index in [-0.39, 0.29) is 24.2 Å². The topological polar surface area (TPSA) is 112 Å². The molecule has 1 N–H and O–H groups in total. The monoisotopic (exact) mass is 390 g/mol. The summed E-state index contributed by atoms with van der Waals surface area (Å²) in [4.78, 5) is 37.9. The van der Waals surface area contributed by atoms with Gasteiger partial charge in [-0.2, -0.15) is 0 Å². The Morgan fingerprint density at radius 3 is 2.42 bits per heavy atom. The predicted octanol–water partition coefficient (Wildman–Crippen LogP) is 0.906. The minimum absolute atomic E-state index is 0.0276. The number of rotatable bonds is 9. The molecule has 1 fully saturated rings. The van der Waals surface area contributed by atoms with Crippen LogP contribution in [0.25, 0.3) is 0 Å². The fourth-order valence-electron chi connectivity index (χ4n) is 3.21. The smallest absolute Gasteiger partial charge is 0.323 e. The van der Waals surface area contributed by atoms with Crippen molar-refractivity contribution in [3.8, 4) is 0 Å². The number of amides is 2. The Labute approximate surface area is 155 Å². The van der Waals surface area contributed by atoms with E-state index in [4.69, 9.17) is 5.11 Å². The fraction of sp³-hybridized carbons (Fsp3) is 0.824. The van der Waals surface area contributed by atoms with Crippen molar-refractivity contribution < 1.29 is 27.9 Å². The maximum atomic E-state index is 12.4. The molecule has 0 saturated carbocycles. The molecular formula is C17H30N2O6S.